The fraction of sp³-hybridized carbons (Fsp3) is 1.00. The predicted molar refractivity (Wildman–Crippen MR) is 70.7 cm³/mol. The fourth-order valence-corrected chi connectivity index (χ4v) is 3.79. The largest absolute Gasteiger partial charge is 0.380 e. The highest BCUT2D eigenvalue weighted by Crippen LogP contribution is 2.44. The zero-order valence-corrected chi connectivity index (χ0v) is 11.5. The van der Waals surface area contributed by atoms with E-state index in [0.29, 0.717) is 11.5 Å². The van der Waals surface area contributed by atoms with Crippen LogP contribution in [-0.2, 0) is 9.47 Å². The number of rotatable bonds is 3. The van der Waals surface area contributed by atoms with Crippen LogP contribution in [0.15, 0.2) is 0 Å². The maximum Gasteiger partial charge on any atom is 0.0620 e. The van der Waals surface area contributed by atoms with E-state index in [0.717, 1.165) is 38.9 Å². The summed E-state index contributed by atoms with van der Waals surface area (Å²) in [6.45, 7) is 7.19. The molecule has 2 atom stereocenters. The van der Waals surface area contributed by atoms with E-state index >= 15 is 0 Å². The highest BCUT2D eigenvalue weighted by molar-refractivity contribution is 4.97. The molecule has 1 N–H and O–H groups in total. The van der Waals surface area contributed by atoms with Crippen LogP contribution in [0.25, 0.3) is 0 Å². The number of nitrogens with zero attached hydrogens (tertiary/aromatic N) is 1. The van der Waals surface area contributed by atoms with Crippen LogP contribution in [0.3, 0.4) is 0 Å². The van der Waals surface area contributed by atoms with Gasteiger partial charge in [-0.25, -0.2) is 0 Å². The van der Waals surface area contributed by atoms with Crippen molar-refractivity contribution < 1.29 is 9.47 Å². The van der Waals surface area contributed by atoms with E-state index in [4.69, 9.17) is 9.47 Å². The van der Waals surface area contributed by atoms with Gasteiger partial charge in [0.05, 0.1) is 26.4 Å². The molecule has 2 unspecified atom stereocenters. The van der Waals surface area contributed by atoms with Crippen molar-refractivity contribution in [3.8, 4) is 0 Å². The van der Waals surface area contributed by atoms with E-state index in [9.17, 15) is 0 Å². The summed E-state index contributed by atoms with van der Waals surface area (Å²) in [6, 6.07) is 0.537. The average molecular weight is 254 g/mol. The third-order valence-corrected chi connectivity index (χ3v) is 4.92. The van der Waals surface area contributed by atoms with E-state index in [1.54, 1.807) is 0 Å². The van der Waals surface area contributed by atoms with Gasteiger partial charge < -0.3 is 19.7 Å². The van der Waals surface area contributed by atoms with Crippen molar-refractivity contribution in [2.24, 2.45) is 11.3 Å². The molecule has 4 heteroatoms. The summed E-state index contributed by atoms with van der Waals surface area (Å²) >= 11 is 0. The molecule has 0 amide bonds. The molecular formula is C14H26N2O2. The molecule has 104 valence electrons. The van der Waals surface area contributed by atoms with Crippen LogP contribution in [0.4, 0.5) is 0 Å². The van der Waals surface area contributed by atoms with Gasteiger partial charge in [0.2, 0.25) is 0 Å². The number of ether oxygens (including phenoxy) is 2. The van der Waals surface area contributed by atoms with E-state index < -0.39 is 0 Å². The van der Waals surface area contributed by atoms with Crippen molar-refractivity contribution in [1.29, 1.82) is 0 Å². The molecule has 0 aliphatic carbocycles. The minimum atomic E-state index is 0.424. The third kappa shape index (κ3) is 2.57. The predicted octanol–water partition coefficient (Wildman–Crippen LogP) is 0.723. The molecule has 3 saturated heterocycles. The van der Waals surface area contributed by atoms with Crippen LogP contribution in [0.2, 0.25) is 0 Å². The van der Waals surface area contributed by atoms with Crippen LogP contribution in [0.1, 0.15) is 19.3 Å². The summed E-state index contributed by atoms with van der Waals surface area (Å²) in [5.41, 5.74) is 0.424. The number of piperidine rings is 1. The molecule has 3 fully saturated rings. The first kappa shape index (κ1) is 12.9. The van der Waals surface area contributed by atoms with Crippen LogP contribution < -0.4 is 5.32 Å². The lowest BCUT2D eigenvalue weighted by atomic mass is 9.66. The van der Waals surface area contributed by atoms with Crippen molar-refractivity contribution in [2.45, 2.75) is 25.3 Å². The van der Waals surface area contributed by atoms with Gasteiger partial charge in [0.25, 0.3) is 0 Å². The van der Waals surface area contributed by atoms with Gasteiger partial charge in [0.15, 0.2) is 0 Å². The number of likely N-dealkylation sites (tertiary alicyclic amines) is 1. The first-order valence-electron chi connectivity index (χ1n) is 7.36. The summed E-state index contributed by atoms with van der Waals surface area (Å²) in [7, 11) is 2.25. The Morgan fingerprint density at radius 3 is 2.83 bits per heavy atom. The van der Waals surface area contributed by atoms with Crippen LogP contribution >= 0.6 is 0 Å². The molecule has 18 heavy (non-hydrogen) atoms. The van der Waals surface area contributed by atoms with Gasteiger partial charge in [-0.05, 0) is 38.8 Å². The van der Waals surface area contributed by atoms with Crippen LogP contribution in [0, 0.1) is 11.3 Å². The molecule has 0 saturated carbocycles. The van der Waals surface area contributed by atoms with Crippen molar-refractivity contribution in [3.05, 3.63) is 0 Å². The Bertz CT molecular complexity index is 275. The van der Waals surface area contributed by atoms with Crippen molar-refractivity contribution in [2.75, 3.05) is 53.1 Å². The van der Waals surface area contributed by atoms with Crippen LogP contribution in [0.5, 0.6) is 0 Å². The van der Waals surface area contributed by atoms with Gasteiger partial charge in [0, 0.05) is 24.5 Å². The number of hydrogen-bond acceptors (Lipinski definition) is 4. The third-order valence-electron chi connectivity index (χ3n) is 4.92. The summed E-state index contributed by atoms with van der Waals surface area (Å²) in [5.74, 6) is 0.814. The molecule has 0 aromatic carbocycles. The average Bonchev–Trinajstić information content (AvgIpc) is 2.35. The molecule has 3 rings (SSSR count). The van der Waals surface area contributed by atoms with Gasteiger partial charge in [-0.15, -0.1) is 0 Å². The summed E-state index contributed by atoms with van der Waals surface area (Å²) in [5, 5.41) is 3.60. The Morgan fingerprint density at radius 1 is 1.33 bits per heavy atom. The zero-order chi connectivity index (χ0) is 12.4. The maximum absolute atomic E-state index is 5.59. The molecule has 4 nitrogen and oxygen atoms in total. The van der Waals surface area contributed by atoms with E-state index in [-0.39, 0.29) is 0 Å². The van der Waals surface area contributed by atoms with E-state index in [1.165, 1.54) is 32.4 Å². The first-order valence-corrected chi connectivity index (χ1v) is 7.36. The fourth-order valence-electron chi connectivity index (χ4n) is 3.79. The molecule has 3 aliphatic heterocycles. The Kier molecular flexibility index (Phi) is 3.89. The Morgan fingerprint density at radius 2 is 2.22 bits per heavy atom. The molecule has 0 bridgehead atoms. The topological polar surface area (TPSA) is 33.7 Å². The molecule has 0 aromatic rings. The van der Waals surface area contributed by atoms with Gasteiger partial charge in [-0.2, -0.15) is 0 Å². The van der Waals surface area contributed by atoms with E-state index in [1.807, 2.05) is 0 Å². The van der Waals surface area contributed by atoms with Gasteiger partial charge >= 0.3 is 0 Å². The molecule has 0 spiro atoms. The summed E-state index contributed by atoms with van der Waals surface area (Å²) in [4.78, 5) is 2.49. The lowest BCUT2D eigenvalue weighted by Gasteiger charge is -2.51. The normalized spacial score (nSPS) is 37.2. The summed E-state index contributed by atoms with van der Waals surface area (Å²) in [6.07, 6.45) is 3.95. The Hall–Kier alpha value is -0.160. The molecule has 3 aliphatic rings. The molecule has 3 heterocycles. The number of nitrogens with one attached hydrogen (secondary N) is 1. The zero-order valence-electron chi connectivity index (χ0n) is 11.5. The standard InChI is InChI=1S/C14H26N2O2/c1-16-5-2-3-12(8-16)14(10-18-11-14)7-13-9-17-6-4-15-13/h12-13,15H,2-11H2,1H3. The number of morpholine rings is 1. The first-order chi connectivity index (χ1) is 8.78. The van der Waals surface area contributed by atoms with Gasteiger partial charge in [0.1, 0.15) is 0 Å². The monoisotopic (exact) mass is 254 g/mol. The quantitative estimate of drug-likeness (QED) is 0.805. The molecule has 0 aromatic heterocycles. The second kappa shape index (κ2) is 5.45. The minimum absolute atomic E-state index is 0.424. The highest BCUT2D eigenvalue weighted by atomic mass is 16.5. The van der Waals surface area contributed by atoms with Gasteiger partial charge in [-0.3, -0.25) is 0 Å². The second-order valence-corrected chi connectivity index (χ2v) is 6.39. The highest BCUT2D eigenvalue weighted by Gasteiger charge is 2.47. The van der Waals surface area contributed by atoms with Crippen molar-refractivity contribution in [3.63, 3.8) is 0 Å². The van der Waals surface area contributed by atoms with Crippen LogP contribution in [-0.4, -0.2) is 64.1 Å². The smallest absolute Gasteiger partial charge is 0.0620 e. The molecular weight excluding hydrogens is 228 g/mol. The maximum atomic E-state index is 5.59. The Labute approximate surface area is 110 Å². The molecule has 0 radical (unpaired) electrons. The SMILES string of the molecule is CN1CCCC(C2(CC3COCCN3)COC2)C1. The van der Waals surface area contributed by atoms with E-state index in [2.05, 4.69) is 17.3 Å². The van der Waals surface area contributed by atoms with Crippen molar-refractivity contribution >= 4 is 0 Å². The minimum Gasteiger partial charge on any atom is -0.380 e. The lowest BCUT2D eigenvalue weighted by Crippen LogP contribution is -2.57. The lowest BCUT2D eigenvalue weighted by molar-refractivity contribution is -0.167. The summed E-state index contributed by atoms with van der Waals surface area (Å²) < 4.78 is 11.2. The van der Waals surface area contributed by atoms with Crippen molar-refractivity contribution in [1.82, 2.24) is 10.2 Å². The van der Waals surface area contributed by atoms with Gasteiger partial charge in [-0.1, -0.05) is 0 Å². The second-order valence-electron chi connectivity index (χ2n) is 6.39. The Balaban J connectivity index is 1.61. The number of hydrogen-bond donors (Lipinski definition) is 1.